The largest absolute Gasteiger partial charge is 0.343 e. The summed E-state index contributed by atoms with van der Waals surface area (Å²) in [6.07, 6.45) is 3.10. The predicted octanol–water partition coefficient (Wildman–Crippen LogP) is -0.119. The molecule has 0 aliphatic carbocycles. The Balaban J connectivity index is 2.72. The van der Waals surface area contributed by atoms with E-state index >= 15 is 0 Å². The first-order chi connectivity index (χ1) is 7.97. The fraction of sp³-hybridized carbons (Fsp3) is 0.818. The highest BCUT2D eigenvalue weighted by atomic mass is 32.2. The van der Waals surface area contributed by atoms with E-state index in [0.29, 0.717) is 18.7 Å². The van der Waals surface area contributed by atoms with Crippen LogP contribution in [0.2, 0.25) is 0 Å². The average Bonchev–Trinajstić information content (AvgIpc) is 2.26. The van der Waals surface area contributed by atoms with Crippen molar-refractivity contribution >= 4 is 22.6 Å². The second kappa shape index (κ2) is 6.14. The summed E-state index contributed by atoms with van der Waals surface area (Å²) in [5, 5.41) is 2.73. The molecule has 5 nitrogen and oxygen atoms in total. The van der Waals surface area contributed by atoms with E-state index in [1.165, 1.54) is 0 Å². The molecule has 1 N–H and O–H groups in total. The van der Waals surface area contributed by atoms with E-state index in [0.717, 1.165) is 6.42 Å². The Morgan fingerprint density at radius 2 is 2.06 bits per heavy atom. The number of amides is 2. The van der Waals surface area contributed by atoms with Gasteiger partial charge in [-0.2, -0.15) is 0 Å². The van der Waals surface area contributed by atoms with Gasteiger partial charge < -0.3 is 10.2 Å². The number of nitrogens with zero attached hydrogens (tertiary/aromatic N) is 1. The molecule has 1 rings (SSSR count). The second-order valence-corrected chi connectivity index (χ2v) is 5.89. The summed E-state index contributed by atoms with van der Waals surface area (Å²) in [5.41, 5.74) is 0. The highest BCUT2D eigenvalue weighted by molar-refractivity contribution is 7.84. The first-order valence-electron chi connectivity index (χ1n) is 5.88. The molecule has 1 aliphatic heterocycles. The van der Waals surface area contributed by atoms with Crippen molar-refractivity contribution in [3.8, 4) is 0 Å². The van der Waals surface area contributed by atoms with Gasteiger partial charge in [-0.05, 0) is 13.3 Å². The molecule has 1 aliphatic rings. The third-order valence-corrected chi connectivity index (χ3v) is 3.70. The third-order valence-electron chi connectivity index (χ3n) is 2.94. The van der Waals surface area contributed by atoms with E-state index in [4.69, 9.17) is 0 Å². The molecule has 0 aromatic heterocycles. The van der Waals surface area contributed by atoms with E-state index in [-0.39, 0.29) is 11.8 Å². The van der Waals surface area contributed by atoms with E-state index in [2.05, 4.69) is 5.32 Å². The van der Waals surface area contributed by atoms with Gasteiger partial charge in [-0.25, -0.2) is 0 Å². The molecule has 98 valence electrons. The van der Waals surface area contributed by atoms with E-state index < -0.39 is 22.9 Å². The number of carbonyl (C=O) groups is 2. The second-order valence-electron chi connectivity index (χ2n) is 4.33. The van der Waals surface area contributed by atoms with Crippen LogP contribution in [0.1, 0.15) is 26.7 Å². The van der Waals surface area contributed by atoms with Crippen LogP contribution in [0.3, 0.4) is 0 Å². The Morgan fingerprint density at radius 3 is 2.59 bits per heavy atom. The van der Waals surface area contributed by atoms with Crippen molar-refractivity contribution in [2.24, 2.45) is 0 Å². The highest BCUT2D eigenvalue weighted by Crippen LogP contribution is 2.12. The van der Waals surface area contributed by atoms with Gasteiger partial charge in [0.25, 0.3) is 0 Å². The van der Waals surface area contributed by atoms with Crippen LogP contribution in [0.25, 0.3) is 0 Å². The van der Waals surface area contributed by atoms with Crippen LogP contribution < -0.4 is 5.32 Å². The molecule has 0 aromatic rings. The molecule has 1 saturated heterocycles. The van der Waals surface area contributed by atoms with E-state index in [1.807, 2.05) is 6.92 Å². The monoisotopic (exact) mass is 260 g/mol. The van der Waals surface area contributed by atoms with Gasteiger partial charge in [0.1, 0.15) is 12.1 Å². The SMILES string of the molecule is CCCC1NC(=O)C(C)N(CCS(C)=O)C1=O. The van der Waals surface area contributed by atoms with E-state index in [9.17, 15) is 13.8 Å². The molecule has 3 unspecified atom stereocenters. The minimum Gasteiger partial charge on any atom is -0.343 e. The zero-order valence-corrected chi connectivity index (χ0v) is 11.4. The molecule has 1 fully saturated rings. The third kappa shape index (κ3) is 3.52. The Morgan fingerprint density at radius 1 is 1.41 bits per heavy atom. The Labute approximate surface area is 104 Å². The van der Waals surface area contributed by atoms with Crippen molar-refractivity contribution in [2.75, 3.05) is 18.6 Å². The van der Waals surface area contributed by atoms with Crippen molar-refractivity contribution in [1.29, 1.82) is 0 Å². The minimum atomic E-state index is -0.949. The summed E-state index contributed by atoms with van der Waals surface area (Å²) in [7, 11) is -0.949. The van der Waals surface area contributed by atoms with Crippen molar-refractivity contribution in [2.45, 2.75) is 38.8 Å². The van der Waals surface area contributed by atoms with Crippen LogP contribution in [0.15, 0.2) is 0 Å². The lowest BCUT2D eigenvalue weighted by Gasteiger charge is -2.37. The zero-order valence-electron chi connectivity index (χ0n) is 10.6. The van der Waals surface area contributed by atoms with Crippen molar-refractivity contribution in [1.82, 2.24) is 10.2 Å². The smallest absolute Gasteiger partial charge is 0.245 e. The van der Waals surface area contributed by atoms with Crippen LogP contribution in [-0.2, 0) is 20.4 Å². The minimum absolute atomic E-state index is 0.0515. The molecule has 0 spiro atoms. The number of nitrogens with one attached hydrogen (secondary N) is 1. The van der Waals surface area contributed by atoms with Gasteiger partial charge in [0.05, 0.1) is 0 Å². The molecule has 6 heteroatoms. The predicted molar refractivity (Wildman–Crippen MR) is 66.9 cm³/mol. The molecule has 0 saturated carbocycles. The van der Waals surface area contributed by atoms with Gasteiger partial charge in [-0.1, -0.05) is 13.3 Å². The molecular formula is C11H20N2O3S. The number of hydrogen-bond donors (Lipinski definition) is 1. The molecule has 17 heavy (non-hydrogen) atoms. The first kappa shape index (κ1) is 14.2. The van der Waals surface area contributed by atoms with Gasteiger partial charge in [0.15, 0.2) is 0 Å². The fourth-order valence-electron chi connectivity index (χ4n) is 1.90. The fourth-order valence-corrected chi connectivity index (χ4v) is 2.36. The van der Waals surface area contributed by atoms with Gasteiger partial charge in [0, 0.05) is 29.4 Å². The summed E-state index contributed by atoms with van der Waals surface area (Å²) in [5.74, 6) is 0.247. The number of hydrogen-bond acceptors (Lipinski definition) is 3. The highest BCUT2D eigenvalue weighted by Gasteiger charge is 2.37. The maximum atomic E-state index is 12.1. The van der Waals surface area contributed by atoms with Gasteiger partial charge in [-0.3, -0.25) is 13.8 Å². The molecule has 0 bridgehead atoms. The number of rotatable bonds is 5. The summed E-state index contributed by atoms with van der Waals surface area (Å²) in [4.78, 5) is 25.3. The molecule has 2 amide bonds. The molecule has 1 heterocycles. The molecule has 0 aromatic carbocycles. The summed E-state index contributed by atoms with van der Waals surface area (Å²) in [6, 6.07) is -0.867. The number of piperazine rings is 1. The van der Waals surface area contributed by atoms with Crippen molar-refractivity contribution in [3.63, 3.8) is 0 Å². The average molecular weight is 260 g/mol. The summed E-state index contributed by atoms with van der Waals surface area (Å²) < 4.78 is 11.1. The first-order valence-corrected chi connectivity index (χ1v) is 7.61. The van der Waals surface area contributed by atoms with Crippen molar-refractivity contribution in [3.05, 3.63) is 0 Å². The lowest BCUT2D eigenvalue weighted by atomic mass is 10.0. The van der Waals surface area contributed by atoms with Crippen LogP contribution in [0, 0.1) is 0 Å². The lowest BCUT2D eigenvalue weighted by Crippen LogP contribution is -2.62. The van der Waals surface area contributed by atoms with Gasteiger partial charge >= 0.3 is 0 Å². The Hall–Kier alpha value is -0.910. The summed E-state index contributed by atoms with van der Waals surface area (Å²) >= 11 is 0. The quantitative estimate of drug-likeness (QED) is 0.749. The van der Waals surface area contributed by atoms with Gasteiger partial charge in [0.2, 0.25) is 11.8 Å². The van der Waals surface area contributed by atoms with Crippen molar-refractivity contribution < 1.29 is 13.8 Å². The van der Waals surface area contributed by atoms with Crippen LogP contribution in [0.5, 0.6) is 0 Å². The van der Waals surface area contributed by atoms with Crippen LogP contribution >= 0.6 is 0 Å². The number of carbonyl (C=O) groups excluding carboxylic acids is 2. The van der Waals surface area contributed by atoms with Crippen LogP contribution in [0.4, 0.5) is 0 Å². The Kier molecular flexibility index (Phi) is 5.11. The van der Waals surface area contributed by atoms with Crippen LogP contribution in [-0.4, -0.2) is 51.6 Å². The summed E-state index contributed by atoms with van der Waals surface area (Å²) in [6.45, 7) is 4.06. The molecule has 0 radical (unpaired) electrons. The molecular weight excluding hydrogens is 240 g/mol. The topological polar surface area (TPSA) is 66.5 Å². The lowest BCUT2D eigenvalue weighted by molar-refractivity contribution is -0.148. The maximum Gasteiger partial charge on any atom is 0.245 e. The normalized spacial score (nSPS) is 26.9. The zero-order chi connectivity index (χ0) is 13.0. The molecule has 3 atom stereocenters. The maximum absolute atomic E-state index is 12.1. The standard InChI is InChI=1S/C11H20N2O3S/c1-4-5-9-11(15)13(6-7-17(3)16)8(2)10(14)12-9/h8-9H,4-7H2,1-3H3,(H,12,14). The van der Waals surface area contributed by atoms with E-state index in [1.54, 1.807) is 18.1 Å². The van der Waals surface area contributed by atoms with Gasteiger partial charge in [-0.15, -0.1) is 0 Å². The Bertz CT molecular complexity index is 333.